The van der Waals surface area contributed by atoms with Gasteiger partial charge in [-0.3, -0.25) is 0 Å². The molecule has 31 heteroatoms. The summed E-state index contributed by atoms with van der Waals surface area (Å²) >= 11 is 0. The molecule has 0 aromatic heterocycles. The molecule has 5 aliphatic heterocycles. The molecular formula is C51H90O30S. The van der Waals surface area contributed by atoms with Gasteiger partial charge in [-0.25, -0.2) is 8.37 Å². The van der Waals surface area contributed by atoms with Crippen molar-refractivity contribution in [2.24, 2.45) is 0 Å². The van der Waals surface area contributed by atoms with Crippen LogP contribution in [0.25, 0.3) is 0 Å². The van der Waals surface area contributed by atoms with Crippen LogP contribution in [0.2, 0.25) is 0 Å². The summed E-state index contributed by atoms with van der Waals surface area (Å²) in [6.07, 6.45) is -13.3. The van der Waals surface area contributed by atoms with Crippen LogP contribution in [0.3, 0.4) is 0 Å². The van der Waals surface area contributed by atoms with Gasteiger partial charge in [-0.15, -0.1) is 0 Å². The molecule has 0 spiro atoms. The zero-order chi connectivity index (χ0) is 60.5. The topological polar surface area (TPSA) is 337 Å². The van der Waals surface area contributed by atoms with E-state index in [1.165, 1.54) is 49.8 Å². The fourth-order valence-electron chi connectivity index (χ4n) is 9.19. The van der Waals surface area contributed by atoms with Crippen LogP contribution in [0.5, 0.6) is 0 Å². The van der Waals surface area contributed by atoms with Gasteiger partial charge in [0.25, 0.3) is 0 Å². The molecule has 30 nitrogen and oxygen atoms in total. The lowest BCUT2D eigenvalue weighted by atomic mass is 9.98. The zero-order valence-corrected chi connectivity index (χ0v) is 49.9. The number of aliphatic hydroxyl groups is 4. The summed E-state index contributed by atoms with van der Waals surface area (Å²) in [4.78, 5) is 0. The number of benzene rings is 1. The molecule has 5 heterocycles. The average Bonchev–Trinajstić information content (AvgIpc) is 3.72. The average molecular weight is 1220 g/mol. The molecule has 480 valence electrons. The van der Waals surface area contributed by atoms with Crippen molar-refractivity contribution in [2.45, 2.75) is 157 Å². The molecule has 0 radical (unpaired) electrons. The number of aliphatic hydroxyl groups excluding tert-OH is 4. The van der Waals surface area contributed by atoms with E-state index in [1.807, 2.05) is 30.3 Å². The summed E-state index contributed by atoms with van der Waals surface area (Å²) in [6.45, 7) is 9.23. The highest BCUT2D eigenvalue weighted by Gasteiger charge is 2.55. The van der Waals surface area contributed by atoms with Gasteiger partial charge in [0.2, 0.25) is 0 Å². The van der Waals surface area contributed by atoms with E-state index in [-0.39, 0.29) is 74.0 Å². The molecule has 0 amide bonds. The summed E-state index contributed by atoms with van der Waals surface area (Å²) in [5.41, 5.74) is 0.866. The van der Waals surface area contributed by atoms with Gasteiger partial charge in [-0.2, -0.15) is 8.42 Å². The normalized spacial score (nSPS) is 32.3. The fraction of sp³-hybridized carbons (Fsp3) is 0.882. The zero-order valence-electron chi connectivity index (χ0n) is 49.1. The quantitative estimate of drug-likeness (QED) is 0.0614. The molecule has 0 saturated carbocycles. The molecule has 1 aromatic rings. The van der Waals surface area contributed by atoms with Crippen LogP contribution in [0, 0.1) is 0 Å². The third kappa shape index (κ3) is 23.0. The number of hydrogen-bond donors (Lipinski definition) is 4. The largest absolute Gasteiger partial charge is 0.400 e. The smallest absolute Gasteiger partial charge is 0.394 e. The second-order valence-corrected chi connectivity index (χ2v) is 21.4. The molecule has 5 aliphatic rings. The minimum Gasteiger partial charge on any atom is -0.394 e. The Bertz CT molecular complexity index is 1960. The van der Waals surface area contributed by atoms with Crippen molar-refractivity contribution in [2.75, 3.05) is 137 Å². The van der Waals surface area contributed by atoms with Crippen LogP contribution in [0.4, 0.5) is 0 Å². The highest BCUT2D eigenvalue weighted by atomic mass is 32.3. The van der Waals surface area contributed by atoms with E-state index in [9.17, 15) is 28.8 Å². The summed E-state index contributed by atoms with van der Waals surface area (Å²) in [5, 5.41) is 40.1. The van der Waals surface area contributed by atoms with Gasteiger partial charge in [-0.05, 0) is 41.5 Å². The van der Waals surface area contributed by atoms with Crippen molar-refractivity contribution < 1.29 is 141 Å². The molecule has 82 heavy (non-hydrogen) atoms. The van der Waals surface area contributed by atoms with Gasteiger partial charge in [0.05, 0.1) is 39.6 Å². The number of fused-ring (bicyclic) bond motifs is 2. The SMILES string of the molecule is COCOC[C@H](OCOC)[C@H]1OC(C)(C)O[C@@H]2COS(=O)(=O)O[C@H]2[C@@H]1OCOC.COCOC[C@H](OCOC)[C@H]1OC(C)(C)O[C@H](CO)[C@@H](O)[C@@H]1OCOC.COCO[C@@H]1[C@@H]([C@@H](O)CO)OC(C)(C)O[C@@H]2COC(c3ccccc3)O[C@@H]12. The van der Waals surface area contributed by atoms with Gasteiger partial charge >= 0.3 is 10.4 Å². The number of hydrogen-bond acceptors (Lipinski definition) is 30. The maximum atomic E-state index is 11.9. The van der Waals surface area contributed by atoms with E-state index in [2.05, 4.69) is 0 Å². The molecule has 1 aromatic carbocycles. The lowest BCUT2D eigenvalue weighted by Gasteiger charge is -2.40. The van der Waals surface area contributed by atoms with Gasteiger partial charge in [0.15, 0.2) is 23.7 Å². The number of rotatable bonds is 29. The van der Waals surface area contributed by atoms with Crippen molar-refractivity contribution in [3.8, 4) is 0 Å². The van der Waals surface area contributed by atoms with Gasteiger partial charge in [0.1, 0.15) is 139 Å². The standard InChI is InChI=1S/C19H28O8.C16H30O12S.C16H32O10/c1-19(2)26-14-10-23-18(12-7-5-4-6-8-12)25-16(14)17(24-11-22-3)15(27-19)13(21)9-20;1-16(2)26-12-7-25-29(17,18)28-14(12)15(24-10-21-5)13(27-16)11(23-9-20-4)6-22-8-19-3;1-16(2)25-11(6-17)13(18)15(24-10-21-5)14(26-16)12(23-9-20-4)7-22-8-19-3/h4-8,13-18,20-21H,9-11H2,1-3H3;11-15H,6-10H2,1-5H3;11-15,17-18H,6-10H2,1-5H3/t13-,14+,15+,16+,17+,18?;11-,12+,13+,14+,15+;11-,12+,13-,14-,15+/m001/s1. The van der Waals surface area contributed by atoms with Gasteiger partial charge < -0.3 is 125 Å². The predicted molar refractivity (Wildman–Crippen MR) is 277 cm³/mol. The second kappa shape index (κ2) is 36.4. The van der Waals surface area contributed by atoms with Crippen molar-refractivity contribution in [1.29, 1.82) is 0 Å². The van der Waals surface area contributed by atoms with Gasteiger partial charge in [0, 0.05) is 55.3 Å². The van der Waals surface area contributed by atoms with E-state index in [0.717, 1.165) is 5.56 Å². The molecule has 16 atom stereocenters. The summed E-state index contributed by atoms with van der Waals surface area (Å²) < 4.78 is 156. The fourth-order valence-corrected chi connectivity index (χ4v) is 10.0. The van der Waals surface area contributed by atoms with E-state index < -0.39 is 139 Å². The summed E-state index contributed by atoms with van der Waals surface area (Å²) in [7, 11) is 6.13. The highest BCUT2D eigenvalue weighted by Crippen LogP contribution is 2.39. The monoisotopic (exact) mass is 1210 g/mol. The maximum absolute atomic E-state index is 11.9. The van der Waals surface area contributed by atoms with Crippen LogP contribution in [-0.2, 0) is 123 Å². The van der Waals surface area contributed by atoms with Crippen molar-refractivity contribution in [1.82, 2.24) is 0 Å². The van der Waals surface area contributed by atoms with Crippen LogP contribution in [0.15, 0.2) is 30.3 Å². The van der Waals surface area contributed by atoms with Crippen LogP contribution in [-0.4, -0.2) is 275 Å². The first-order chi connectivity index (χ1) is 39.1. The second-order valence-electron chi connectivity index (χ2n) is 20.2. The Hall–Kier alpha value is -1.95. The third-order valence-electron chi connectivity index (χ3n) is 12.4. The predicted octanol–water partition coefficient (Wildman–Crippen LogP) is 0.187. The number of methoxy groups -OCH3 is 7. The first-order valence-corrected chi connectivity index (χ1v) is 27.6. The Labute approximate surface area is 480 Å². The van der Waals surface area contributed by atoms with Crippen molar-refractivity contribution in [3.63, 3.8) is 0 Å². The Morgan fingerprint density at radius 3 is 1.51 bits per heavy atom. The molecule has 0 bridgehead atoms. The van der Waals surface area contributed by atoms with E-state index in [4.69, 9.17) is 113 Å². The molecule has 0 aliphatic carbocycles. The first kappa shape index (κ1) is 72.5. The van der Waals surface area contributed by atoms with Crippen LogP contribution < -0.4 is 0 Å². The van der Waals surface area contributed by atoms with E-state index in [0.29, 0.717) is 0 Å². The minimum atomic E-state index is -4.22. The Morgan fingerprint density at radius 2 is 1.02 bits per heavy atom. The lowest BCUT2D eigenvalue weighted by molar-refractivity contribution is -0.307. The molecule has 4 N–H and O–H groups in total. The molecular weight excluding hydrogens is 1120 g/mol. The third-order valence-corrected chi connectivity index (χ3v) is 13.3. The minimum absolute atomic E-state index is 0.0152. The summed E-state index contributed by atoms with van der Waals surface area (Å²) in [6, 6.07) is 9.54. The van der Waals surface area contributed by atoms with Gasteiger partial charge in [-0.1, -0.05) is 30.3 Å². The molecule has 6 rings (SSSR count). The molecule has 5 saturated heterocycles. The van der Waals surface area contributed by atoms with Crippen LogP contribution >= 0.6 is 0 Å². The first-order valence-electron chi connectivity index (χ1n) is 26.3. The molecule has 5 fully saturated rings. The van der Waals surface area contributed by atoms with Crippen molar-refractivity contribution >= 4 is 10.4 Å². The number of ether oxygens (including phenoxy) is 22. The van der Waals surface area contributed by atoms with E-state index in [1.54, 1.807) is 41.5 Å². The van der Waals surface area contributed by atoms with Crippen molar-refractivity contribution in [3.05, 3.63) is 35.9 Å². The van der Waals surface area contributed by atoms with E-state index >= 15 is 0 Å². The Morgan fingerprint density at radius 1 is 0.573 bits per heavy atom. The highest BCUT2D eigenvalue weighted by molar-refractivity contribution is 7.81. The van der Waals surface area contributed by atoms with Crippen LogP contribution in [0.1, 0.15) is 53.4 Å². The Kier molecular flexibility index (Phi) is 32.2. The maximum Gasteiger partial charge on any atom is 0.400 e. The molecule has 1 unspecified atom stereocenters. The Balaban J connectivity index is 0.000000265. The summed E-state index contributed by atoms with van der Waals surface area (Å²) in [5.74, 6) is -3.27. The lowest BCUT2D eigenvalue weighted by Crippen LogP contribution is -2.56.